The van der Waals surface area contributed by atoms with Gasteiger partial charge in [0.2, 0.25) is 5.89 Å². The molecule has 1 heterocycles. The number of hydrogen-bond acceptors (Lipinski definition) is 6. The Bertz CT molecular complexity index is 1400. The number of aliphatic hydroxyl groups excluding tert-OH is 2. The van der Waals surface area contributed by atoms with Gasteiger partial charge in [0.05, 0.1) is 17.8 Å². The van der Waals surface area contributed by atoms with Gasteiger partial charge in [-0.15, -0.1) is 0 Å². The first-order chi connectivity index (χ1) is 19.3. The second kappa shape index (κ2) is 13.9. The monoisotopic (exact) mass is 549 g/mol. The van der Waals surface area contributed by atoms with Crippen LogP contribution in [0.4, 0.5) is 8.78 Å². The third kappa shape index (κ3) is 8.05. The van der Waals surface area contributed by atoms with Gasteiger partial charge in [0, 0.05) is 43.3 Å². The van der Waals surface area contributed by atoms with Gasteiger partial charge in [-0.25, -0.2) is 13.8 Å². The van der Waals surface area contributed by atoms with Gasteiger partial charge in [-0.05, 0) is 59.9 Å². The molecule has 0 aliphatic carbocycles. The number of amides is 1. The fourth-order valence-corrected chi connectivity index (χ4v) is 4.45. The maximum atomic E-state index is 13.9. The predicted octanol–water partition coefficient (Wildman–Crippen LogP) is 4.21. The second-order valence-corrected chi connectivity index (χ2v) is 9.63. The first-order valence-corrected chi connectivity index (χ1v) is 13.2. The van der Waals surface area contributed by atoms with Crippen LogP contribution in [0, 0.1) is 11.6 Å². The number of aryl methyl sites for hydroxylation is 1. The standard InChI is InChI=1S/C31H33F2N3O4/c1-2-20-5-3-6-21(11-20)17-34-18-29(38)28(14-22-12-25(32)16-26(33)13-22)36-30(39)23-7-4-8-24(15-23)31-35-27(9-10-37)19-40-31/h3-8,11-13,15-16,19,28-29,34,37-38H,2,9-10,14,17-18H2,1H3,(H,36,39)/t28-,29+/m0/s1. The average molecular weight is 550 g/mol. The zero-order valence-electron chi connectivity index (χ0n) is 22.2. The van der Waals surface area contributed by atoms with Crippen LogP contribution in [0.3, 0.4) is 0 Å². The normalized spacial score (nSPS) is 12.7. The molecule has 40 heavy (non-hydrogen) atoms. The zero-order chi connectivity index (χ0) is 28.5. The van der Waals surface area contributed by atoms with Crippen molar-refractivity contribution in [2.75, 3.05) is 13.2 Å². The number of carbonyl (C=O) groups is 1. The summed E-state index contributed by atoms with van der Waals surface area (Å²) >= 11 is 0. The fraction of sp³-hybridized carbons (Fsp3) is 0.290. The Hall–Kier alpha value is -3.92. The Morgan fingerprint density at radius 1 is 1.00 bits per heavy atom. The lowest BCUT2D eigenvalue weighted by molar-refractivity contribution is 0.0830. The number of rotatable bonds is 13. The van der Waals surface area contributed by atoms with Crippen LogP contribution in [0.5, 0.6) is 0 Å². The Morgan fingerprint density at radius 2 is 1.75 bits per heavy atom. The van der Waals surface area contributed by atoms with E-state index in [0.717, 1.165) is 18.1 Å². The summed E-state index contributed by atoms with van der Waals surface area (Å²) in [5, 5.41) is 26.2. The summed E-state index contributed by atoms with van der Waals surface area (Å²) in [6.07, 6.45) is 1.67. The third-order valence-electron chi connectivity index (χ3n) is 6.53. The molecule has 0 bridgehead atoms. The first-order valence-electron chi connectivity index (χ1n) is 13.2. The number of aromatic nitrogens is 1. The van der Waals surface area contributed by atoms with Crippen molar-refractivity contribution < 1.29 is 28.2 Å². The Kier molecular flexibility index (Phi) is 10.1. The van der Waals surface area contributed by atoms with Gasteiger partial charge in [-0.1, -0.05) is 37.3 Å². The van der Waals surface area contributed by atoms with Gasteiger partial charge >= 0.3 is 0 Å². The number of hydrogen-bond donors (Lipinski definition) is 4. The molecule has 0 saturated carbocycles. The van der Waals surface area contributed by atoms with E-state index < -0.39 is 29.7 Å². The highest BCUT2D eigenvalue weighted by molar-refractivity contribution is 5.95. The molecule has 0 saturated heterocycles. The quantitative estimate of drug-likeness (QED) is 0.199. The molecule has 4 aromatic rings. The highest BCUT2D eigenvalue weighted by Gasteiger charge is 2.23. The van der Waals surface area contributed by atoms with E-state index in [-0.39, 0.29) is 19.6 Å². The van der Waals surface area contributed by atoms with Crippen LogP contribution in [0.2, 0.25) is 0 Å². The molecule has 0 unspecified atom stereocenters. The number of carbonyl (C=O) groups excluding carboxylic acids is 1. The lowest BCUT2D eigenvalue weighted by Crippen LogP contribution is -2.48. The van der Waals surface area contributed by atoms with Crippen LogP contribution in [0.25, 0.3) is 11.5 Å². The summed E-state index contributed by atoms with van der Waals surface area (Å²) < 4.78 is 33.2. The number of oxazole rings is 1. The highest BCUT2D eigenvalue weighted by atomic mass is 19.1. The molecule has 1 amide bonds. The molecule has 0 fully saturated rings. The Balaban J connectivity index is 1.48. The topological polar surface area (TPSA) is 108 Å². The Labute approximate surface area is 231 Å². The minimum absolute atomic E-state index is 0.0124. The smallest absolute Gasteiger partial charge is 0.251 e. The van der Waals surface area contributed by atoms with Crippen LogP contribution >= 0.6 is 0 Å². The van der Waals surface area contributed by atoms with Gasteiger partial charge < -0.3 is 25.3 Å². The number of nitrogens with one attached hydrogen (secondary N) is 2. The van der Waals surface area contributed by atoms with E-state index in [9.17, 15) is 18.7 Å². The number of nitrogens with zero attached hydrogens (tertiary/aromatic N) is 1. The fourth-order valence-electron chi connectivity index (χ4n) is 4.45. The third-order valence-corrected chi connectivity index (χ3v) is 6.53. The molecule has 1 aromatic heterocycles. The van der Waals surface area contributed by atoms with Crippen molar-refractivity contribution in [3.8, 4) is 11.5 Å². The number of halogens is 2. The van der Waals surface area contributed by atoms with E-state index in [1.807, 2.05) is 18.2 Å². The van der Waals surface area contributed by atoms with Crippen molar-refractivity contribution >= 4 is 5.91 Å². The van der Waals surface area contributed by atoms with Gasteiger partial charge in [0.25, 0.3) is 5.91 Å². The van der Waals surface area contributed by atoms with Crippen molar-refractivity contribution in [3.63, 3.8) is 0 Å². The van der Waals surface area contributed by atoms with E-state index in [1.165, 1.54) is 24.0 Å². The predicted molar refractivity (Wildman–Crippen MR) is 148 cm³/mol. The maximum Gasteiger partial charge on any atom is 0.251 e. The van der Waals surface area contributed by atoms with E-state index >= 15 is 0 Å². The average Bonchev–Trinajstić information content (AvgIpc) is 3.41. The van der Waals surface area contributed by atoms with Crippen molar-refractivity contribution in [2.45, 2.75) is 44.9 Å². The van der Waals surface area contributed by atoms with Crippen molar-refractivity contribution in [2.24, 2.45) is 0 Å². The highest BCUT2D eigenvalue weighted by Crippen LogP contribution is 2.21. The molecule has 0 aliphatic heterocycles. The number of benzene rings is 3. The summed E-state index contributed by atoms with van der Waals surface area (Å²) in [7, 11) is 0. The minimum atomic E-state index is -1.06. The lowest BCUT2D eigenvalue weighted by Gasteiger charge is -2.25. The van der Waals surface area contributed by atoms with Gasteiger partial charge in [0.15, 0.2) is 0 Å². The SMILES string of the molecule is CCc1cccc(CNC[C@@H](O)[C@H](Cc2cc(F)cc(F)c2)NC(=O)c2cccc(-c3nc(CCO)co3)c2)c1. The molecule has 0 radical (unpaired) electrons. The largest absolute Gasteiger partial charge is 0.444 e. The molecule has 9 heteroatoms. The van der Waals surface area contributed by atoms with Crippen LogP contribution in [0.1, 0.15) is 39.7 Å². The van der Waals surface area contributed by atoms with Gasteiger partial charge in [0.1, 0.15) is 17.9 Å². The summed E-state index contributed by atoms with van der Waals surface area (Å²) in [6.45, 7) is 2.67. The van der Waals surface area contributed by atoms with Crippen molar-refractivity contribution in [1.29, 1.82) is 0 Å². The molecule has 0 spiro atoms. The van der Waals surface area contributed by atoms with Crippen molar-refractivity contribution in [1.82, 2.24) is 15.6 Å². The number of aliphatic hydroxyl groups is 2. The summed E-state index contributed by atoms with van der Waals surface area (Å²) in [5.74, 6) is -1.63. The summed E-state index contributed by atoms with van der Waals surface area (Å²) in [5.41, 5.74) is 4.03. The molecular formula is C31H33F2N3O4. The van der Waals surface area contributed by atoms with Crippen LogP contribution in [-0.4, -0.2) is 46.4 Å². The first kappa shape index (κ1) is 29.1. The van der Waals surface area contributed by atoms with Crippen molar-refractivity contribution in [3.05, 3.63) is 113 Å². The molecule has 3 aromatic carbocycles. The molecule has 7 nitrogen and oxygen atoms in total. The lowest BCUT2D eigenvalue weighted by atomic mass is 9.99. The van der Waals surface area contributed by atoms with Crippen LogP contribution < -0.4 is 10.6 Å². The van der Waals surface area contributed by atoms with E-state index in [0.29, 0.717) is 41.2 Å². The summed E-state index contributed by atoms with van der Waals surface area (Å²) in [4.78, 5) is 17.6. The van der Waals surface area contributed by atoms with E-state index in [4.69, 9.17) is 9.52 Å². The Morgan fingerprint density at radius 3 is 2.50 bits per heavy atom. The molecule has 2 atom stereocenters. The zero-order valence-corrected chi connectivity index (χ0v) is 22.2. The van der Waals surface area contributed by atoms with Crippen LogP contribution in [0.15, 0.2) is 77.4 Å². The van der Waals surface area contributed by atoms with Gasteiger partial charge in [-0.3, -0.25) is 4.79 Å². The summed E-state index contributed by atoms with van der Waals surface area (Å²) in [6, 6.07) is 17.0. The maximum absolute atomic E-state index is 13.9. The molecule has 4 rings (SSSR count). The molecule has 210 valence electrons. The molecule has 0 aliphatic rings. The molecular weight excluding hydrogens is 516 g/mol. The van der Waals surface area contributed by atoms with E-state index in [2.05, 4.69) is 28.6 Å². The minimum Gasteiger partial charge on any atom is -0.444 e. The van der Waals surface area contributed by atoms with Crippen LogP contribution in [-0.2, 0) is 25.8 Å². The van der Waals surface area contributed by atoms with Gasteiger partial charge in [-0.2, -0.15) is 0 Å². The van der Waals surface area contributed by atoms with E-state index in [1.54, 1.807) is 24.3 Å². The molecule has 4 N–H and O–H groups in total. The second-order valence-electron chi connectivity index (χ2n) is 9.63.